The molecule has 0 amide bonds. The number of rotatable bonds is 2. The molecule has 0 unspecified atom stereocenters. The van der Waals surface area contributed by atoms with Gasteiger partial charge in [0.15, 0.2) is 0 Å². The van der Waals surface area contributed by atoms with E-state index in [9.17, 15) is 10.1 Å². The van der Waals surface area contributed by atoms with E-state index in [1.54, 1.807) is 0 Å². The van der Waals surface area contributed by atoms with E-state index in [4.69, 9.17) is 5.84 Å². The van der Waals surface area contributed by atoms with Crippen LogP contribution in [0.25, 0.3) is 0 Å². The summed E-state index contributed by atoms with van der Waals surface area (Å²) in [6.07, 6.45) is 2.55. The minimum absolute atomic E-state index is 0.130. The lowest BCUT2D eigenvalue weighted by Crippen LogP contribution is -2.08. The lowest BCUT2D eigenvalue weighted by atomic mass is 10.4. The van der Waals surface area contributed by atoms with Crippen LogP contribution in [0, 0.1) is 10.1 Å². The predicted octanol–water partition coefficient (Wildman–Crippen LogP) is 0.275. The number of nitrogens with zero attached hydrogens (tertiary/aromatic N) is 2. The van der Waals surface area contributed by atoms with Crippen LogP contribution in [0.1, 0.15) is 0 Å². The van der Waals surface area contributed by atoms with E-state index in [0.717, 1.165) is 6.20 Å². The number of hydrogen-bond donors (Lipinski definition) is 2. The predicted molar refractivity (Wildman–Crippen MR) is 38.7 cm³/mol. The van der Waals surface area contributed by atoms with Crippen molar-refractivity contribution >= 4 is 11.4 Å². The van der Waals surface area contributed by atoms with Crippen LogP contribution < -0.4 is 11.3 Å². The van der Waals surface area contributed by atoms with E-state index >= 15 is 0 Å². The molecule has 0 aliphatic carbocycles. The molecule has 6 heteroatoms. The van der Waals surface area contributed by atoms with Crippen molar-refractivity contribution in [2.75, 3.05) is 5.43 Å². The van der Waals surface area contributed by atoms with Crippen LogP contribution in [0.5, 0.6) is 0 Å². The van der Waals surface area contributed by atoms with Crippen molar-refractivity contribution in [2.24, 2.45) is 5.84 Å². The van der Waals surface area contributed by atoms with Crippen LogP contribution in [-0.2, 0) is 0 Å². The molecule has 0 saturated heterocycles. The molecule has 0 radical (unpaired) electrons. The molecule has 0 aliphatic rings. The fraction of sp³-hybridized carbons (Fsp3) is 0. The van der Waals surface area contributed by atoms with E-state index in [1.165, 1.54) is 12.3 Å². The van der Waals surface area contributed by atoms with Gasteiger partial charge in [-0.25, -0.2) is 0 Å². The monoisotopic (exact) mass is 154 g/mol. The molecule has 6 nitrogen and oxygen atoms in total. The van der Waals surface area contributed by atoms with Crippen molar-refractivity contribution in [3.8, 4) is 0 Å². The van der Waals surface area contributed by atoms with E-state index in [2.05, 4.69) is 10.4 Å². The molecule has 11 heavy (non-hydrogen) atoms. The first-order valence-electron chi connectivity index (χ1n) is 2.80. The summed E-state index contributed by atoms with van der Waals surface area (Å²) in [6.45, 7) is 0. The Morgan fingerprint density at radius 1 is 1.73 bits per heavy atom. The molecular formula is C5H6N4O2. The molecule has 0 aliphatic heterocycles. The molecule has 0 saturated carbocycles. The summed E-state index contributed by atoms with van der Waals surface area (Å²) in [5, 5.41) is 10.3. The molecule has 0 atom stereocenters. The van der Waals surface area contributed by atoms with Gasteiger partial charge in [-0.3, -0.25) is 20.9 Å². The number of anilines is 1. The van der Waals surface area contributed by atoms with E-state index < -0.39 is 4.92 Å². The quantitative estimate of drug-likeness (QED) is 0.362. The minimum atomic E-state index is -0.553. The van der Waals surface area contributed by atoms with Crippen molar-refractivity contribution in [2.45, 2.75) is 0 Å². The van der Waals surface area contributed by atoms with E-state index in [0.29, 0.717) is 0 Å². The average Bonchev–Trinajstić information content (AvgIpc) is 2.04. The number of nitrogens with one attached hydrogen (secondary N) is 1. The standard InChI is InChI=1S/C5H6N4O2/c6-8-4-1-2-7-3-5(4)9(10)11/h1-3H,6H2,(H,7,8). The molecule has 0 fully saturated rings. The molecule has 0 spiro atoms. The molecule has 1 heterocycles. The largest absolute Gasteiger partial charge is 0.318 e. The summed E-state index contributed by atoms with van der Waals surface area (Å²) in [4.78, 5) is 13.3. The van der Waals surface area contributed by atoms with Gasteiger partial charge in [0.2, 0.25) is 0 Å². The maximum absolute atomic E-state index is 10.3. The van der Waals surface area contributed by atoms with Crippen LogP contribution >= 0.6 is 0 Å². The molecule has 3 N–H and O–H groups in total. The van der Waals surface area contributed by atoms with Crippen LogP contribution in [-0.4, -0.2) is 9.91 Å². The molecule has 0 aromatic carbocycles. The maximum Gasteiger partial charge on any atom is 0.311 e. The average molecular weight is 154 g/mol. The normalized spacial score (nSPS) is 9.18. The Morgan fingerprint density at radius 2 is 2.45 bits per heavy atom. The summed E-state index contributed by atoms with van der Waals surface area (Å²) < 4.78 is 0. The number of hydrazine groups is 1. The SMILES string of the molecule is NNc1ccncc1[N+](=O)[O-]. The Labute approximate surface area is 62.2 Å². The highest BCUT2D eigenvalue weighted by atomic mass is 16.6. The number of aromatic nitrogens is 1. The third kappa shape index (κ3) is 1.41. The van der Waals surface area contributed by atoms with Crippen LogP contribution in [0.3, 0.4) is 0 Å². The Bertz CT molecular complexity index is 275. The van der Waals surface area contributed by atoms with Gasteiger partial charge in [0.1, 0.15) is 11.9 Å². The smallest absolute Gasteiger partial charge is 0.311 e. The molecule has 1 rings (SSSR count). The van der Waals surface area contributed by atoms with Crippen molar-refractivity contribution in [3.63, 3.8) is 0 Å². The number of nitrogens with two attached hydrogens (primary N) is 1. The Morgan fingerprint density at radius 3 is 2.91 bits per heavy atom. The second-order valence-corrected chi connectivity index (χ2v) is 1.79. The first kappa shape index (κ1) is 7.42. The van der Waals surface area contributed by atoms with Gasteiger partial charge in [-0.1, -0.05) is 0 Å². The van der Waals surface area contributed by atoms with Crippen molar-refractivity contribution in [3.05, 3.63) is 28.6 Å². The number of nitro groups is 1. The molecular weight excluding hydrogens is 148 g/mol. The highest BCUT2D eigenvalue weighted by molar-refractivity contribution is 5.58. The Hall–Kier alpha value is -1.69. The highest BCUT2D eigenvalue weighted by Crippen LogP contribution is 2.19. The molecule has 1 aromatic rings. The first-order chi connectivity index (χ1) is 5.25. The Kier molecular flexibility index (Phi) is 1.98. The molecule has 1 aromatic heterocycles. The minimum Gasteiger partial charge on any atom is -0.318 e. The van der Waals surface area contributed by atoms with Gasteiger partial charge in [-0.05, 0) is 6.07 Å². The summed E-state index contributed by atoms with van der Waals surface area (Å²) >= 11 is 0. The first-order valence-corrected chi connectivity index (χ1v) is 2.80. The van der Waals surface area contributed by atoms with Gasteiger partial charge in [0.05, 0.1) is 4.92 Å². The second kappa shape index (κ2) is 2.93. The van der Waals surface area contributed by atoms with Gasteiger partial charge in [-0.15, -0.1) is 0 Å². The second-order valence-electron chi connectivity index (χ2n) is 1.79. The third-order valence-corrected chi connectivity index (χ3v) is 1.15. The number of hydrogen-bond acceptors (Lipinski definition) is 5. The van der Waals surface area contributed by atoms with Crippen molar-refractivity contribution in [1.29, 1.82) is 0 Å². The van der Waals surface area contributed by atoms with Crippen LogP contribution in [0.2, 0.25) is 0 Å². The van der Waals surface area contributed by atoms with Gasteiger partial charge in [0.25, 0.3) is 0 Å². The highest BCUT2D eigenvalue weighted by Gasteiger charge is 2.10. The van der Waals surface area contributed by atoms with Gasteiger partial charge in [0, 0.05) is 6.20 Å². The van der Waals surface area contributed by atoms with Crippen LogP contribution in [0.15, 0.2) is 18.5 Å². The summed E-state index contributed by atoms with van der Waals surface area (Å²) in [5.41, 5.74) is 2.32. The Balaban J connectivity index is 3.12. The number of pyridine rings is 1. The summed E-state index contributed by atoms with van der Waals surface area (Å²) in [5.74, 6) is 5.01. The maximum atomic E-state index is 10.3. The zero-order chi connectivity index (χ0) is 8.27. The zero-order valence-corrected chi connectivity index (χ0v) is 5.52. The summed E-state index contributed by atoms with van der Waals surface area (Å²) in [7, 11) is 0. The van der Waals surface area contributed by atoms with Crippen LogP contribution in [0.4, 0.5) is 11.4 Å². The fourth-order valence-electron chi connectivity index (χ4n) is 0.654. The van der Waals surface area contributed by atoms with E-state index in [-0.39, 0.29) is 11.4 Å². The zero-order valence-electron chi connectivity index (χ0n) is 5.52. The van der Waals surface area contributed by atoms with Crippen molar-refractivity contribution < 1.29 is 4.92 Å². The van der Waals surface area contributed by atoms with Gasteiger partial charge in [-0.2, -0.15) is 0 Å². The van der Waals surface area contributed by atoms with Gasteiger partial charge < -0.3 is 5.43 Å². The van der Waals surface area contributed by atoms with E-state index in [1.807, 2.05) is 0 Å². The fourth-order valence-corrected chi connectivity index (χ4v) is 0.654. The topological polar surface area (TPSA) is 94.1 Å². The van der Waals surface area contributed by atoms with Crippen molar-refractivity contribution in [1.82, 2.24) is 4.98 Å². The number of nitrogen functional groups attached to an aromatic ring is 1. The molecule has 58 valence electrons. The lowest BCUT2D eigenvalue weighted by molar-refractivity contribution is -0.384. The third-order valence-electron chi connectivity index (χ3n) is 1.15. The van der Waals surface area contributed by atoms with Gasteiger partial charge >= 0.3 is 5.69 Å². The molecule has 0 bridgehead atoms. The summed E-state index contributed by atoms with van der Waals surface area (Å²) in [6, 6.07) is 1.43. The lowest BCUT2D eigenvalue weighted by Gasteiger charge is -1.98.